The minimum Gasteiger partial charge on any atom is -0.265 e. The summed E-state index contributed by atoms with van der Waals surface area (Å²) in [7, 11) is 0. The summed E-state index contributed by atoms with van der Waals surface area (Å²) in [5.74, 6) is 0. The van der Waals surface area contributed by atoms with Gasteiger partial charge in [0.2, 0.25) is 0 Å². The molecule has 4 heteroatoms. The van der Waals surface area contributed by atoms with E-state index in [0.29, 0.717) is 0 Å². The van der Waals surface area contributed by atoms with Crippen LogP contribution >= 0.6 is 11.8 Å². The molecule has 0 amide bonds. The van der Waals surface area contributed by atoms with Gasteiger partial charge in [-0.1, -0.05) is 0 Å². The molecule has 0 spiro atoms. The predicted molar refractivity (Wildman–Crippen MR) is 59.9 cm³/mol. The zero-order chi connectivity index (χ0) is 10.7. The van der Waals surface area contributed by atoms with Crippen molar-refractivity contribution in [3.63, 3.8) is 0 Å². The van der Waals surface area contributed by atoms with Crippen LogP contribution in [0.5, 0.6) is 0 Å². The van der Waals surface area contributed by atoms with E-state index in [2.05, 4.69) is 15.0 Å². The van der Waals surface area contributed by atoms with Crippen LogP contribution in [0.4, 0.5) is 0 Å². The van der Waals surface area contributed by atoms with E-state index < -0.39 is 0 Å². The SMILES string of the molecule is Cc1cc(C)nc(Sc2ccncc2)n1. The average molecular weight is 217 g/mol. The van der Waals surface area contributed by atoms with Crippen LogP contribution in [0.1, 0.15) is 11.4 Å². The molecule has 2 aromatic heterocycles. The number of pyridine rings is 1. The topological polar surface area (TPSA) is 38.7 Å². The smallest absolute Gasteiger partial charge is 0.192 e. The molecule has 0 unspecified atom stereocenters. The Bertz CT molecular complexity index is 436. The average Bonchev–Trinajstić information content (AvgIpc) is 2.17. The molecule has 0 fully saturated rings. The highest BCUT2D eigenvalue weighted by Crippen LogP contribution is 2.23. The highest BCUT2D eigenvalue weighted by molar-refractivity contribution is 7.99. The molecular weight excluding hydrogens is 206 g/mol. The zero-order valence-corrected chi connectivity index (χ0v) is 9.45. The highest BCUT2D eigenvalue weighted by atomic mass is 32.2. The third-order valence-corrected chi connectivity index (χ3v) is 2.69. The number of nitrogens with zero attached hydrogens (tertiary/aromatic N) is 3. The molecule has 0 atom stereocenters. The molecular formula is C11H11N3S. The lowest BCUT2D eigenvalue weighted by atomic mass is 10.4. The van der Waals surface area contributed by atoms with Crippen LogP contribution in [0, 0.1) is 13.8 Å². The number of hydrogen-bond acceptors (Lipinski definition) is 4. The lowest BCUT2D eigenvalue weighted by Gasteiger charge is -2.02. The van der Waals surface area contributed by atoms with Crippen LogP contribution in [0.25, 0.3) is 0 Å². The largest absolute Gasteiger partial charge is 0.265 e. The third-order valence-electron chi connectivity index (χ3n) is 1.82. The Morgan fingerprint density at radius 1 is 1.00 bits per heavy atom. The van der Waals surface area contributed by atoms with E-state index >= 15 is 0 Å². The highest BCUT2D eigenvalue weighted by Gasteiger charge is 2.01. The second kappa shape index (κ2) is 4.40. The van der Waals surface area contributed by atoms with Crippen LogP contribution in [-0.2, 0) is 0 Å². The summed E-state index contributed by atoms with van der Waals surface area (Å²) in [5.41, 5.74) is 2.00. The Kier molecular flexibility index (Phi) is 2.97. The fraction of sp³-hybridized carbons (Fsp3) is 0.182. The Balaban J connectivity index is 2.25. The van der Waals surface area contributed by atoms with Crippen LogP contribution in [-0.4, -0.2) is 15.0 Å². The zero-order valence-electron chi connectivity index (χ0n) is 8.64. The van der Waals surface area contributed by atoms with Crippen molar-refractivity contribution in [3.8, 4) is 0 Å². The van der Waals surface area contributed by atoms with E-state index in [4.69, 9.17) is 0 Å². The van der Waals surface area contributed by atoms with E-state index in [1.165, 1.54) is 0 Å². The molecule has 0 bridgehead atoms. The van der Waals surface area contributed by atoms with E-state index in [-0.39, 0.29) is 0 Å². The van der Waals surface area contributed by atoms with Crippen molar-refractivity contribution in [2.45, 2.75) is 23.9 Å². The first-order valence-corrected chi connectivity index (χ1v) is 5.46. The molecule has 0 aromatic carbocycles. The van der Waals surface area contributed by atoms with Gasteiger partial charge in [-0.15, -0.1) is 0 Å². The maximum Gasteiger partial charge on any atom is 0.192 e. The number of aromatic nitrogens is 3. The van der Waals surface area contributed by atoms with E-state index in [1.54, 1.807) is 24.2 Å². The third kappa shape index (κ3) is 2.76. The Labute approximate surface area is 93.0 Å². The molecule has 0 aliphatic heterocycles. The van der Waals surface area contributed by atoms with Crippen LogP contribution < -0.4 is 0 Å². The summed E-state index contributed by atoms with van der Waals surface area (Å²) in [6.45, 7) is 3.95. The normalized spacial score (nSPS) is 10.3. The van der Waals surface area contributed by atoms with Gasteiger partial charge in [-0.2, -0.15) is 0 Å². The quantitative estimate of drug-likeness (QED) is 0.725. The molecule has 3 nitrogen and oxygen atoms in total. The molecule has 0 saturated carbocycles. The summed E-state index contributed by atoms with van der Waals surface area (Å²) in [6, 6.07) is 5.87. The molecule has 0 aliphatic carbocycles. The molecule has 15 heavy (non-hydrogen) atoms. The monoisotopic (exact) mass is 217 g/mol. The Morgan fingerprint density at radius 3 is 2.20 bits per heavy atom. The van der Waals surface area contributed by atoms with Gasteiger partial charge in [0.1, 0.15) is 0 Å². The van der Waals surface area contributed by atoms with Crippen molar-refractivity contribution in [3.05, 3.63) is 42.0 Å². The van der Waals surface area contributed by atoms with Gasteiger partial charge < -0.3 is 0 Å². The molecule has 0 aliphatic rings. The van der Waals surface area contributed by atoms with Gasteiger partial charge >= 0.3 is 0 Å². The molecule has 0 saturated heterocycles. The Hall–Kier alpha value is -1.42. The Morgan fingerprint density at radius 2 is 1.60 bits per heavy atom. The van der Waals surface area contributed by atoms with Gasteiger partial charge in [0, 0.05) is 28.7 Å². The van der Waals surface area contributed by atoms with Crippen molar-refractivity contribution in [2.75, 3.05) is 0 Å². The second-order valence-corrected chi connectivity index (χ2v) is 4.26. The summed E-state index contributed by atoms with van der Waals surface area (Å²) in [4.78, 5) is 13.8. The fourth-order valence-corrected chi connectivity index (χ4v) is 2.10. The van der Waals surface area contributed by atoms with Gasteiger partial charge in [0.25, 0.3) is 0 Å². The summed E-state index contributed by atoms with van der Waals surface area (Å²) >= 11 is 1.55. The van der Waals surface area contributed by atoms with Crippen molar-refractivity contribution in [2.24, 2.45) is 0 Å². The predicted octanol–water partition coefficient (Wildman–Crippen LogP) is 2.64. The summed E-state index contributed by atoms with van der Waals surface area (Å²) < 4.78 is 0. The minimum absolute atomic E-state index is 0.790. The molecule has 76 valence electrons. The first-order valence-electron chi connectivity index (χ1n) is 4.64. The van der Waals surface area contributed by atoms with Gasteiger partial charge in [0.05, 0.1) is 0 Å². The maximum atomic E-state index is 4.36. The molecule has 0 radical (unpaired) electrons. The number of aryl methyl sites for hydroxylation is 2. The van der Waals surface area contributed by atoms with Crippen molar-refractivity contribution in [1.29, 1.82) is 0 Å². The second-order valence-electron chi connectivity index (χ2n) is 3.22. The van der Waals surface area contributed by atoms with Crippen LogP contribution in [0.3, 0.4) is 0 Å². The summed E-state index contributed by atoms with van der Waals surface area (Å²) in [6.07, 6.45) is 3.54. The number of hydrogen-bond donors (Lipinski definition) is 0. The maximum absolute atomic E-state index is 4.36. The van der Waals surface area contributed by atoms with E-state index in [1.807, 2.05) is 32.0 Å². The van der Waals surface area contributed by atoms with E-state index in [9.17, 15) is 0 Å². The lowest BCUT2D eigenvalue weighted by Crippen LogP contribution is -1.92. The molecule has 2 aromatic rings. The first-order chi connectivity index (χ1) is 7.24. The van der Waals surface area contributed by atoms with Gasteiger partial charge in [-0.05, 0) is 43.8 Å². The standard InChI is InChI=1S/C11H11N3S/c1-8-7-9(2)14-11(13-8)15-10-3-5-12-6-4-10/h3-7H,1-2H3. The van der Waals surface area contributed by atoms with Crippen LogP contribution in [0.2, 0.25) is 0 Å². The van der Waals surface area contributed by atoms with Crippen molar-refractivity contribution >= 4 is 11.8 Å². The summed E-state index contributed by atoms with van der Waals surface area (Å²) in [5, 5.41) is 0.790. The van der Waals surface area contributed by atoms with Crippen molar-refractivity contribution < 1.29 is 0 Å². The van der Waals surface area contributed by atoms with Gasteiger partial charge in [-0.25, -0.2) is 9.97 Å². The lowest BCUT2D eigenvalue weighted by molar-refractivity contribution is 0.902. The molecule has 2 heterocycles. The van der Waals surface area contributed by atoms with Crippen LogP contribution in [0.15, 0.2) is 40.6 Å². The number of rotatable bonds is 2. The minimum atomic E-state index is 0.790. The van der Waals surface area contributed by atoms with Gasteiger partial charge in [0.15, 0.2) is 5.16 Å². The molecule has 0 N–H and O–H groups in total. The molecule has 2 rings (SSSR count). The van der Waals surface area contributed by atoms with E-state index in [0.717, 1.165) is 21.4 Å². The fourth-order valence-electron chi connectivity index (χ4n) is 1.25. The first kappa shape index (κ1) is 10.1. The van der Waals surface area contributed by atoms with Crippen molar-refractivity contribution in [1.82, 2.24) is 15.0 Å². The van der Waals surface area contributed by atoms with Gasteiger partial charge in [-0.3, -0.25) is 4.98 Å².